The van der Waals surface area contributed by atoms with Crippen LogP contribution in [0.15, 0.2) is 0 Å². The Hall–Kier alpha value is -0.660. The van der Waals surface area contributed by atoms with E-state index < -0.39 is 10.0 Å². The summed E-state index contributed by atoms with van der Waals surface area (Å²) in [5.74, 6) is 1.31. The highest BCUT2D eigenvalue weighted by Gasteiger charge is 2.35. The maximum absolute atomic E-state index is 12.8. The van der Waals surface area contributed by atoms with Gasteiger partial charge in [-0.25, -0.2) is 13.1 Å². The van der Waals surface area contributed by atoms with E-state index in [0.717, 1.165) is 13.1 Å². The molecule has 2 saturated heterocycles. The Bertz CT molecular complexity index is 505. The molecule has 7 heteroatoms. The molecule has 6 nitrogen and oxygen atoms in total. The van der Waals surface area contributed by atoms with Crippen LogP contribution >= 0.6 is 0 Å². The van der Waals surface area contributed by atoms with Crippen molar-refractivity contribution >= 4 is 15.9 Å². The molecule has 0 unspecified atom stereocenters. The lowest BCUT2D eigenvalue weighted by Gasteiger charge is -2.40. The minimum Gasteiger partial charge on any atom is -0.341 e. The molecule has 2 fully saturated rings. The van der Waals surface area contributed by atoms with Gasteiger partial charge in [0, 0.05) is 26.2 Å². The van der Waals surface area contributed by atoms with Crippen LogP contribution in [0, 0.1) is 11.8 Å². The van der Waals surface area contributed by atoms with Gasteiger partial charge in [0.2, 0.25) is 15.9 Å². The molecule has 3 atom stereocenters. The third-order valence-electron chi connectivity index (χ3n) is 5.29. The van der Waals surface area contributed by atoms with Crippen LogP contribution in [-0.4, -0.2) is 68.6 Å². The summed E-state index contributed by atoms with van der Waals surface area (Å²) in [6.45, 7) is 9.38. The Morgan fingerprint density at radius 3 is 2.13 bits per heavy atom. The predicted octanol–water partition coefficient (Wildman–Crippen LogP) is 0.893. The monoisotopic (exact) mass is 345 g/mol. The third-order valence-corrected chi connectivity index (χ3v) is 7.20. The number of amides is 1. The minimum absolute atomic E-state index is 0.161. The fourth-order valence-corrected chi connectivity index (χ4v) is 5.17. The number of piperidine rings is 2. The Labute approximate surface area is 140 Å². The second-order valence-corrected chi connectivity index (χ2v) is 9.51. The highest BCUT2D eigenvalue weighted by molar-refractivity contribution is 7.90. The van der Waals surface area contributed by atoms with Crippen molar-refractivity contribution in [1.82, 2.24) is 14.5 Å². The van der Waals surface area contributed by atoms with Gasteiger partial charge >= 0.3 is 0 Å². The Kier molecular flexibility index (Phi) is 6.08. The number of hydrogen-bond acceptors (Lipinski definition) is 4. The number of carbonyl (C=O) groups is 1. The summed E-state index contributed by atoms with van der Waals surface area (Å²) in [5.41, 5.74) is 0. The Morgan fingerprint density at radius 1 is 1.13 bits per heavy atom. The normalized spacial score (nSPS) is 29.5. The molecule has 2 aliphatic heterocycles. The summed E-state index contributed by atoms with van der Waals surface area (Å²) in [4.78, 5) is 16.9. The summed E-state index contributed by atoms with van der Waals surface area (Å²) in [7, 11) is -1.73. The lowest BCUT2D eigenvalue weighted by molar-refractivity contribution is -0.139. The van der Waals surface area contributed by atoms with Crippen molar-refractivity contribution in [1.29, 1.82) is 0 Å². The molecule has 0 radical (unpaired) electrons. The molecule has 0 bridgehead atoms. The van der Waals surface area contributed by atoms with Crippen LogP contribution in [-0.2, 0) is 14.8 Å². The highest BCUT2D eigenvalue weighted by Crippen LogP contribution is 2.24. The van der Waals surface area contributed by atoms with E-state index in [1.54, 1.807) is 0 Å². The summed E-state index contributed by atoms with van der Waals surface area (Å²) >= 11 is 0. The van der Waals surface area contributed by atoms with Crippen molar-refractivity contribution in [2.24, 2.45) is 11.8 Å². The largest absolute Gasteiger partial charge is 0.341 e. The quantitative estimate of drug-likeness (QED) is 0.822. The molecule has 0 aliphatic carbocycles. The minimum atomic E-state index is -3.20. The molecule has 134 valence electrons. The molecule has 1 amide bonds. The number of nitrogens with one attached hydrogen (secondary N) is 1. The lowest BCUT2D eigenvalue weighted by Crippen LogP contribution is -2.54. The van der Waals surface area contributed by atoms with E-state index in [9.17, 15) is 13.2 Å². The maximum Gasteiger partial charge on any atom is 0.239 e. The molecular formula is C16H31N3O3S. The maximum atomic E-state index is 12.8. The fraction of sp³-hybridized carbons (Fsp3) is 0.938. The fourth-order valence-electron chi connectivity index (χ4n) is 4.00. The average Bonchev–Trinajstić information content (AvgIpc) is 2.52. The second kappa shape index (κ2) is 7.49. The van der Waals surface area contributed by atoms with E-state index in [0.29, 0.717) is 37.8 Å². The zero-order valence-corrected chi connectivity index (χ0v) is 15.6. The number of carbonyl (C=O) groups excluding carboxylic acids is 1. The van der Waals surface area contributed by atoms with Gasteiger partial charge < -0.3 is 4.90 Å². The van der Waals surface area contributed by atoms with Gasteiger partial charge in [-0.05, 0) is 45.1 Å². The molecule has 2 aliphatic rings. The number of rotatable bonds is 4. The third kappa shape index (κ3) is 4.45. The molecule has 0 aromatic carbocycles. The van der Waals surface area contributed by atoms with Crippen LogP contribution in [0.25, 0.3) is 0 Å². The van der Waals surface area contributed by atoms with Crippen molar-refractivity contribution in [3.63, 3.8) is 0 Å². The average molecular weight is 346 g/mol. The van der Waals surface area contributed by atoms with Gasteiger partial charge in [0.25, 0.3) is 0 Å². The van der Waals surface area contributed by atoms with Gasteiger partial charge in [-0.2, -0.15) is 0 Å². The molecule has 0 aromatic heterocycles. The van der Waals surface area contributed by atoms with E-state index in [1.807, 2.05) is 11.8 Å². The molecule has 2 heterocycles. The smallest absolute Gasteiger partial charge is 0.239 e. The molecule has 0 spiro atoms. The predicted molar refractivity (Wildman–Crippen MR) is 91.6 cm³/mol. The van der Waals surface area contributed by atoms with E-state index in [2.05, 4.69) is 23.5 Å². The SMILES string of the molecule is CNS(=O)(=O)C1CCN([C@@H](C)C(=O)N2C[C@H](C)C[C@H](C)C2)CC1. The topological polar surface area (TPSA) is 69.7 Å². The van der Waals surface area contributed by atoms with Gasteiger partial charge in [-0.3, -0.25) is 9.69 Å². The van der Waals surface area contributed by atoms with Crippen LogP contribution in [0.5, 0.6) is 0 Å². The summed E-state index contributed by atoms with van der Waals surface area (Å²) < 4.78 is 26.2. The standard InChI is InChI=1S/C16H31N3O3S/c1-12-9-13(2)11-19(10-12)16(20)14(3)18-7-5-15(6-8-18)23(21,22)17-4/h12-15,17H,5-11H2,1-4H3/t12-,13+,14-/m0/s1. The second-order valence-electron chi connectivity index (χ2n) is 7.35. The molecule has 2 rings (SSSR count). The van der Waals surface area contributed by atoms with Crippen molar-refractivity contribution < 1.29 is 13.2 Å². The first-order valence-electron chi connectivity index (χ1n) is 8.69. The number of likely N-dealkylation sites (tertiary alicyclic amines) is 2. The molecule has 0 aromatic rings. The van der Waals surface area contributed by atoms with Crippen molar-refractivity contribution in [3.8, 4) is 0 Å². The van der Waals surface area contributed by atoms with E-state index in [1.165, 1.54) is 13.5 Å². The van der Waals surface area contributed by atoms with Gasteiger partial charge in [0.1, 0.15) is 0 Å². The highest BCUT2D eigenvalue weighted by atomic mass is 32.2. The van der Waals surface area contributed by atoms with Gasteiger partial charge in [-0.15, -0.1) is 0 Å². The summed E-state index contributed by atoms with van der Waals surface area (Å²) in [6, 6.07) is -0.161. The van der Waals surface area contributed by atoms with Crippen molar-refractivity contribution in [2.75, 3.05) is 33.2 Å². The molecule has 23 heavy (non-hydrogen) atoms. The van der Waals surface area contributed by atoms with Crippen LogP contribution < -0.4 is 4.72 Å². The lowest BCUT2D eigenvalue weighted by atomic mass is 9.91. The van der Waals surface area contributed by atoms with Crippen molar-refractivity contribution in [2.45, 2.75) is 51.3 Å². The number of hydrogen-bond donors (Lipinski definition) is 1. The van der Waals surface area contributed by atoms with Gasteiger partial charge in [0.15, 0.2) is 0 Å². The van der Waals surface area contributed by atoms with Gasteiger partial charge in [-0.1, -0.05) is 13.8 Å². The first-order valence-corrected chi connectivity index (χ1v) is 10.2. The summed E-state index contributed by atoms with van der Waals surface area (Å²) in [6.07, 6.45) is 2.37. The van der Waals surface area contributed by atoms with Crippen LogP contribution in [0.2, 0.25) is 0 Å². The van der Waals surface area contributed by atoms with Crippen molar-refractivity contribution in [3.05, 3.63) is 0 Å². The summed E-state index contributed by atoms with van der Waals surface area (Å²) in [5, 5.41) is -0.332. The first-order chi connectivity index (χ1) is 10.7. The molecular weight excluding hydrogens is 314 g/mol. The number of nitrogens with zero attached hydrogens (tertiary/aromatic N) is 2. The van der Waals surface area contributed by atoms with Crippen LogP contribution in [0.1, 0.15) is 40.0 Å². The molecule has 1 N–H and O–H groups in total. The number of sulfonamides is 1. The zero-order chi connectivity index (χ0) is 17.2. The zero-order valence-electron chi connectivity index (χ0n) is 14.8. The first kappa shape index (κ1) is 18.7. The van der Waals surface area contributed by atoms with E-state index >= 15 is 0 Å². The van der Waals surface area contributed by atoms with Gasteiger partial charge in [0.05, 0.1) is 11.3 Å². The van der Waals surface area contributed by atoms with E-state index in [4.69, 9.17) is 0 Å². The van der Waals surface area contributed by atoms with E-state index in [-0.39, 0.29) is 17.2 Å². The van der Waals surface area contributed by atoms with Crippen LogP contribution in [0.3, 0.4) is 0 Å². The van der Waals surface area contributed by atoms with Crippen LogP contribution in [0.4, 0.5) is 0 Å². The Balaban J connectivity index is 1.91. The molecule has 0 saturated carbocycles. The Morgan fingerprint density at radius 2 is 1.65 bits per heavy atom.